The van der Waals surface area contributed by atoms with E-state index in [0.29, 0.717) is 30.5 Å². The summed E-state index contributed by atoms with van der Waals surface area (Å²) in [5, 5.41) is 11.4. The molecule has 1 aliphatic heterocycles. The average Bonchev–Trinajstić information content (AvgIpc) is 3.62. The zero-order valence-electron chi connectivity index (χ0n) is 20.5. The van der Waals surface area contributed by atoms with Crippen molar-refractivity contribution in [2.24, 2.45) is 0 Å². The van der Waals surface area contributed by atoms with Crippen LogP contribution < -0.4 is 49.7 Å². The summed E-state index contributed by atoms with van der Waals surface area (Å²) in [6.45, 7) is 3.85. The maximum atomic E-state index is 15.5. The van der Waals surface area contributed by atoms with Gasteiger partial charge in [-0.1, -0.05) is 0 Å². The van der Waals surface area contributed by atoms with Gasteiger partial charge in [-0.3, -0.25) is 4.79 Å². The summed E-state index contributed by atoms with van der Waals surface area (Å²) in [6, 6.07) is 1.01. The van der Waals surface area contributed by atoms with E-state index in [4.69, 9.17) is 4.74 Å². The van der Waals surface area contributed by atoms with Crippen LogP contribution in [-0.2, 0) is 4.57 Å². The average molecular weight is 516 g/mol. The Morgan fingerprint density at radius 1 is 1.31 bits per heavy atom. The second-order valence-electron chi connectivity index (χ2n) is 9.52. The van der Waals surface area contributed by atoms with Gasteiger partial charge in [0.15, 0.2) is 17.0 Å². The first-order chi connectivity index (χ1) is 16.0. The Morgan fingerprint density at radius 2 is 2.00 bits per heavy atom. The van der Waals surface area contributed by atoms with Crippen molar-refractivity contribution in [2.75, 3.05) is 44.6 Å². The van der Waals surface area contributed by atoms with Crippen LogP contribution in [-0.4, -0.2) is 50.2 Å². The standard InChI is InChI=1S/C24H29F2N2O5P.Na/c1-33-23-20-16(22(29)17(24(30)31)13-28(20)15-6-7-15)11-19(26)21(23)27-9-4-5-14(12-27)18(25)8-10-34(2,3)32;/h11,13,15H,4-10,12H2,1-3H3,(H,30,31);/q;+1/p-1/b18-14+;. The number of anilines is 1. The molecule has 4 rings (SSSR count). The number of aromatic nitrogens is 1. The Labute approximate surface area is 224 Å². The summed E-state index contributed by atoms with van der Waals surface area (Å²) in [4.78, 5) is 26.0. The first-order valence-corrected chi connectivity index (χ1v) is 14.1. The minimum absolute atomic E-state index is 0. The topological polar surface area (TPSA) is 91.7 Å². The van der Waals surface area contributed by atoms with Crippen LogP contribution in [0.1, 0.15) is 48.5 Å². The molecule has 1 aliphatic carbocycles. The second kappa shape index (κ2) is 10.8. The van der Waals surface area contributed by atoms with Crippen LogP contribution in [0.25, 0.3) is 10.9 Å². The number of piperidine rings is 1. The number of carboxylic acid groups (broad SMARTS) is 1. The van der Waals surface area contributed by atoms with E-state index in [1.165, 1.54) is 13.3 Å². The predicted octanol–water partition coefficient (Wildman–Crippen LogP) is 0.688. The van der Waals surface area contributed by atoms with E-state index in [1.54, 1.807) is 22.8 Å². The number of nitrogens with zero attached hydrogens (tertiary/aromatic N) is 2. The van der Waals surface area contributed by atoms with E-state index in [2.05, 4.69) is 0 Å². The molecule has 0 N–H and O–H groups in total. The molecule has 1 aromatic carbocycles. The molecule has 0 amide bonds. The number of methoxy groups -OCH3 is 1. The molecule has 1 saturated carbocycles. The molecule has 0 bridgehead atoms. The molecule has 0 unspecified atom stereocenters. The summed E-state index contributed by atoms with van der Waals surface area (Å²) in [7, 11) is -0.995. The maximum Gasteiger partial charge on any atom is 1.00 e. The van der Waals surface area contributed by atoms with Crippen LogP contribution in [0, 0.1) is 5.82 Å². The Kier molecular flexibility index (Phi) is 8.57. The van der Waals surface area contributed by atoms with E-state index in [-0.39, 0.29) is 77.4 Å². The molecule has 0 spiro atoms. The number of rotatable bonds is 7. The smallest absolute Gasteiger partial charge is 0.545 e. The molecule has 11 heteroatoms. The summed E-state index contributed by atoms with van der Waals surface area (Å²) >= 11 is 0. The van der Waals surface area contributed by atoms with E-state index < -0.39 is 29.9 Å². The zero-order chi connectivity index (χ0) is 24.8. The predicted molar refractivity (Wildman–Crippen MR) is 126 cm³/mol. The number of carbonyl (C=O) groups is 1. The third-order valence-corrected chi connectivity index (χ3v) is 7.72. The number of ether oxygens (including phenoxy) is 1. The molecule has 0 atom stereocenters. The molecule has 35 heavy (non-hydrogen) atoms. The van der Waals surface area contributed by atoms with Crippen LogP contribution in [0.2, 0.25) is 0 Å². The SMILES string of the molecule is COc1c(N2CCC/C(=C(\F)CCP(C)(C)=O)C2)c(F)cc2c(=O)c(C(=O)[O-])cn(C3CC3)c12.[Na+]. The number of carbonyl (C=O) groups excluding carboxylic acids is 1. The Bertz CT molecular complexity index is 1300. The van der Waals surface area contributed by atoms with Gasteiger partial charge in [-0.15, -0.1) is 0 Å². The minimum Gasteiger partial charge on any atom is -0.545 e. The van der Waals surface area contributed by atoms with Crippen molar-refractivity contribution >= 4 is 29.7 Å². The van der Waals surface area contributed by atoms with Crippen molar-refractivity contribution < 1.29 is 57.5 Å². The molecule has 2 heterocycles. The summed E-state index contributed by atoms with van der Waals surface area (Å²) in [5.41, 5.74) is -0.377. The van der Waals surface area contributed by atoms with Gasteiger partial charge in [0.25, 0.3) is 0 Å². The molecule has 2 aliphatic rings. The fraction of sp³-hybridized carbons (Fsp3) is 0.500. The summed E-state index contributed by atoms with van der Waals surface area (Å²) in [5.74, 6) is -2.55. The van der Waals surface area contributed by atoms with Crippen molar-refractivity contribution in [3.05, 3.63) is 45.3 Å². The Balaban J connectivity index is 0.00000342. The summed E-state index contributed by atoms with van der Waals surface area (Å²) in [6.07, 6.45) is 4.30. The number of carboxylic acids is 1. The van der Waals surface area contributed by atoms with Crippen LogP contribution in [0.3, 0.4) is 0 Å². The monoisotopic (exact) mass is 516 g/mol. The van der Waals surface area contributed by atoms with Crippen molar-refractivity contribution in [1.82, 2.24) is 4.57 Å². The normalized spacial score (nSPS) is 17.8. The van der Waals surface area contributed by atoms with Gasteiger partial charge < -0.3 is 28.7 Å². The van der Waals surface area contributed by atoms with Gasteiger partial charge in [-0.2, -0.15) is 0 Å². The van der Waals surface area contributed by atoms with Gasteiger partial charge in [0.05, 0.1) is 36.7 Å². The quantitative estimate of drug-likeness (QED) is 0.397. The number of halogens is 2. The fourth-order valence-electron chi connectivity index (χ4n) is 4.55. The molecule has 184 valence electrons. The molecule has 1 aromatic heterocycles. The van der Waals surface area contributed by atoms with Crippen molar-refractivity contribution in [2.45, 2.75) is 38.1 Å². The first kappa shape index (κ1) is 27.9. The number of benzene rings is 1. The van der Waals surface area contributed by atoms with Crippen molar-refractivity contribution in [1.29, 1.82) is 0 Å². The molecule has 0 radical (unpaired) electrons. The molecular weight excluding hydrogens is 488 g/mol. The van der Waals surface area contributed by atoms with Crippen LogP contribution in [0.4, 0.5) is 14.5 Å². The van der Waals surface area contributed by atoms with Crippen LogP contribution in [0.5, 0.6) is 5.75 Å². The fourth-order valence-corrected chi connectivity index (χ4v) is 5.28. The second-order valence-corrected chi connectivity index (χ2v) is 13.1. The number of allylic oxidation sites excluding steroid dienone is 1. The van der Waals surface area contributed by atoms with Crippen LogP contribution in [0.15, 0.2) is 28.5 Å². The molecule has 2 aromatic rings. The van der Waals surface area contributed by atoms with E-state index in [0.717, 1.165) is 18.9 Å². The van der Waals surface area contributed by atoms with Crippen molar-refractivity contribution in [3.8, 4) is 5.75 Å². The maximum absolute atomic E-state index is 15.5. The van der Waals surface area contributed by atoms with Gasteiger partial charge in [0.2, 0.25) is 0 Å². The first-order valence-electron chi connectivity index (χ1n) is 11.3. The van der Waals surface area contributed by atoms with Gasteiger partial charge in [-0.25, -0.2) is 8.78 Å². The molecule has 1 saturated heterocycles. The van der Waals surface area contributed by atoms with Gasteiger partial charge in [0.1, 0.15) is 11.5 Å². The molecular formula is C24H28F2N2NaO5P. The number of aromatic carboxylic acids is 1. The number of pyridine rings is 1. The number of hydrogen-bond donors (Lipinski definition) is 0. The summed E-state index contributed by atoms with van der Waals surface area (Å²) < 4.78 is 49.6. The van der Waals surface area contributed by atoms with E-state index >= 15 is 4.39 Å². The number of fused-ring (bicyclic) bond motifs is 1. The third-order valence-electron chi connectivity index (χ3n) is 6.42. The zero-order valence-corrected chi connectivity index (χ0v) is 23.4. The third kappa shape index (κ3) is 5.85. The molecule has 7 nitrogen and oxygen atoms in total. The van der Waals surface area contributed by atoms with Gasteiger partial charge in [-0.05, 0) is 50.7 Å². The Morgan fingerprint density at radius 3 is 2.57 bits per heavy atom. The van der Waals surface area contributed by atoms with Gasteiger partial charge in [0, 0.05) is 37.9 Å². The molecule has 2 fully saturated rings. The Hall–Kier alpha value is -1.67. The number of hydrogen-bond acceptors (Lipinski definition) is 6. The largest absolute Gasteiger partial charge is 1.00 e. The van der Waals surface area contributed by atoms with Gasteiger partial charge >= 0.3 is 29.6 Å². The van der Waals surface area contributed by atoms with Crippen LogP contribution >= 0.6 is 7.14 Å². The van der Waals surface area contributed by atoms with E-state index in [1.807, 2.05) is 0 Å². The van der Waals surface area contributed by atoms with Crippen molar-refractivity contribution in [3.63, 3.8) is 0 Å². The van der Waals surface area contributed by atoms with E-state index in [9.17, 15) is 23.7 Å². The minimum atomic E-state index is -2.36.